The summed E-state index contributed by atoms with van der Waals surface area (Å²) in [5.74, 6) is 0.00200. The molecular formula is C14H15N5O2S. The quantitative estimate of drug-likeness (QED) is 0.744. The molecule has 0 saturated carbocycles. The van der Waals surface area contributed by atoms with Gasteiger partial charge in [-0.1, -0.05) is 11.3 Å². The first kappa shape index (κ1) is 13.5. The fourth-order valence-electron chi connectivity index (χ4n) is 2.85. The first-order valence-electron chi connectivity index (χ1n) is 7.10. The number of amides is 1. The standard InChI is InChI=1S/C14H15N5O2S/c20-12(10-9-19-8-5-15-13(19)22-10)18-6-2-14(21,3-7-18)11-1-4-16-17-11/h1,4-5,8-9,21H,2-3,6-7H2,(H,16,17). The van der Waals surface area contributed by atoms with Crippen LogP contribution in [0.3, 0.4) is 0 Å². The predicted molar refractivity (Wildman–Crippen MR) is 80.7 cm³/mol. The van der Waals surface area contributed by atoms with Crippen LogP contribution >= 0.6 is 11.3 Å². The van der Waals surface area contributed by atoms with Gasteiger partial charge >= 0.3 is 0 Å². The molecule has 1 aliphatic heterocycles. The number of H-pyrrole nitrogens is 1. The first-order chi connectivity index (χ1) is 10.7. The number of aromatic amines is 1. The van der Waals surface area contributed by atoms with Crippen molar-refractivity contribution in [3.05, 3.63) is 41.4 Å². The van der Waals surface area contributed by atoms with Crippen LogP contribution in [0.2, 0.25) is 0 Å². The fraction of sp³-hybridized carbons (Fsp3) is 0.357. The Labute approximate surface area is 130 Å². The van der Waals surface area contributed by atoms with Gasteiger partial charge in [0.25, 0.3) is 5.91 Å². The average molecular weight is 317 g/mol. The normalized spacial score (nSPS) is 18.0. The van der Waals surface area contributed by atoms with Gasteiger partial charge in [0.1, 0.15) is 10.5 Å². The van der Waals surface area contributed by atoms with Gasteiger partial charge < -0.3 is 10.0 Å². The van der Waals surface area contributed by atoms with Crippen LogP contribution in [0, 0.1) is 0 Å². The average Bonchev–Trinajstić information content (AvgIpc) is 3.24. The van der Waals surface area contributed by atoms with Gasteiger partial charge in [-0.3, -0.25) is 14.3 Å². The summed E-state index contributed by atoms with van der Waals surface area (Å²) in [5.41, 5.74) is -0.202. The van der Waals surface area contributed by atoms with Crippen molar-refractivity contribution in [3.8, 4) is 0 Å². The lowest BCUT2D eigenvalue weighted by molar-refractivity contribution is -0.0243. The molecule has 7 nitrogen and oxygen atoms in total. The molecule has 0 bridgehead atoms. The zero-order valence-electron chi connectivity index (χ0n) is 11.8. The van der Waals surface area contributed by atoms with Gasteiger partial charge in [-0.2, -0.15) is 5.10 Å². The maximum atomic E-state index is 12.6. The fourth-order valence-corrected chi connectivity index (χ4v) is 3.76. The number of nitrogens with one attached hydrogen (secondary N) is 1. The van der Waals surface area contributed by atoms with Crippen LogP contribution in [0.25, 0.3) is 4.96 Å². The maximum Gasteiger partial charge on any atom is 0.265 e. The van der Waals surface area contributed by atoms with Crippen molar-refractivity contribution in [2.45, 2.75) is 18.4 Å². The Bertz CT molecular complexity index is 770. The van der Waals surface area contributed by atoms with E-state index in [1.54, 1.807) is 23.4 Å². The highest BCUT2D eigenvalue weighted by molar-refractivity contribution is 7.18. The number of rotatable bonds is 2. The molecule has 0 unspecified atom stereocenters. The SMILES string of the molecule is O=C(c1cn2ccnc2s1)N1CCC(O)(c2ccn[nH]2)CC1. The number of carbonyl (C=O) groups is 1. The molecule has 0 aliphatic carbocycles. The molecule has 4 heterocycles. The van der Waals surface area contributed by atoms with Crippen molar-refractivity contribution in [2.75, 3.05) is 13.1 Å². The number of carbonyl (C=O) groups excluding carboxylic acids is 1. The van der Waals surface area contributed by atoms with Crippen LogP contribution in [0.5, 0.6) is 0 Å². The van der Waals surface area contributed by atoms with E-state index in [0.717, 1.165) is 4.96 Å². The van der Waals surface area contributed by atoms with E-state index in [-0.39, 0.29) is 5.91 Å². The molecule has 0 aromatic carbocycles. The smallest absolute Gasteiger partial charge is 0.265 e. The van der Waals surface area contributed by atoms with Crippen LogP contribution in [0.4, 0.5) is 0 Å². The molecule has 1 saturated heterocycles. The third kappa shape index (κ3) is 2.11. The lowest BCUT2D eigenvalue weighted by Gasteiger charge is -2.37. The van der Waals surface area contributed by atoms with E-state index in [9.17, 15) is 9.90 Å². The summed E-state index contributed by atoms with van der Waals surface area (Å²) in [6.07, 6.45) is 7.99. The highest BCUT2D eigenvalue weighted by Crippen LogP contribution is 2.32. The van der Waals surface area contributed by atoms with Gasteiger partial charge in [0.05, 0.1) is 5.69 Å². The number of hydrogen-bond acceptors (Lipinski definition) is 5. The van der Waals surface area contributed by atoms with Gasteiger partial charge in [-0.05, 0) is 18.9 Å². The number of piperidine rings is 1. The summed E-state index contributed by atoms with van der Waals surface area (Å²) in [7, 11) is 0. The second-order valence-corrected chi connectivity index (χ2v) is 6.52. The van der Waals surface area contributed by atoms with E-state index in [1.165, 1.54) is 11.3 Å². The molecule has 0 radical (unpaired) electrons. The number of hydrogen-bond donors (Lipinski definition) is 2. The summed E-state index contributed by atoms with van der Waals surface area (Å²) >= 11 is 1.39. The number of aliphatic hydroxyl groups is 1. The molecule has 4 rings (SSSR count). The van der Waals surface area contributed by atoms with Crippen molar-refractivity contribution in [3.63, 3.8) is 0 Å². The second kappa shape index (κ2) is 4.92. The largest absolute Gasteiger partial charge is 0.383 e. The van der Waals surface area contributed by atoms with E-state index in [0.29, 0.717) is 36.5 Å². The molecule has 3 aromatic heterocycles. The van der Waals surface area contributed by atoms with Crippen molar-refractivity contribution >= 4 is 22.2 Å². The molecule has 3 aromatic rings. The summed E-state index contributed by atoms with van der Waals surface area (Å²) in [6.45, 7) is 1.04. The lowest BCUT2D eigenvalue weighted by Crippen LogP contribution is -2.45. The molecule has 1 amide bonds. The molecule has 8 heteroatoms. The number of nitrogens with zero attached hydrogens (tertiary/aromatic N) is 4. The van der Waals surface area contributed by atoms with E-state index in [2.05, 4.69) is 15.2 Å². The zero-order chi connectivity index (χ0) is 15.2. The first-order valence-corrected chi connectivity index (χ1v) is 7.91. The third-order valence-corrected chi connectivity index (χ3v) is 5.18. The number of likely N-dealkylation sites (tertiary alicyclic amines) is 1. The van der Waals surface area contributed by atoms with E-state index < -0.39 is 5.60 Å². The number of imidazole rings is 1. The van der Waals surface area contributed by atoms with Crippen molar-refractivity contribution in [1.29, 1.82) is 0 Å². The molecule has 1 aliphatic rings. The zero-order valence-corrected chi connectivity index (χ0v) is 12.6. The highest BCUT2D eigenvalue weighted by Gasteiger charge is 2.37. The van der Waals surface area contributed by atoms with Crippen molar-refractivity contribution in [1.82, 2.24) is 24.5 Å². The summed E-state index contributed by atoms with van der Waals surface area (Å²) in [4.78, 5) is 20.0. The molecule has 2 N–H and O–H groups in total. The van der Waals surface area contributed by atoms with Crippen LogP contribution in [0.1, 0.15) is 28.2 Å². The van der Waals surface area contributed by atoms with Gasteiger partial charge in [0.15, 0.2) is 4.96 Å². The summed E-state index contributed by atoms with van der Waals surface area (Å²) in [6, 6.07) is 1.78. The number of fused-ring (bicyclic) bond motifs is 1. The molecule has 1 fully saturated rings. The topological polar surface area (TPSA) is 86.5 Å². The summed E-state index contributed by atoms with van der Waals surface area (Å²) in [5, 5.41) is 17.4. The van der Waals surface area contributed by atoms with Crippen LogP contribution in [0.15, 0.2) is 30.9 Å². The van der Waals surface area contributed by atoms with Crippen LogP contribution < -0.4 is 0 Å². The Hall–Kier alpha value is -2.19. The maximum absolute atomic E-state index is 12.6. The second-order valence-electron chi connectivity index (χ2n) is 5.51. The third-order valence-electron chi connectivity index (χ3n) is 4.18. The predicted octanol–water partition coefficient (Wildman–Crippen LogP) is 1.24. The van der Waals surface area contributed by atoms with Gasteiger partial charge in [-0.15, -0.1) is 0 Å². The monoisotopic (exact) mass is 317 g/mol. The van der Waals surface area contributed by atoms with E-state index >= 15 is 0 Å². The lowest BCUT2D eigenvalue weighted by atomic mass is 9.88. The Balaban J connectivity index is 1.49. The van der Waals surface area contributed by atoms with Crippen LogP contribution in [-0.2, 0) is 5.60 Å². The Kier molecular flexibility index (Phi) is 3.02. The van der Waals surface area contributed by atoms with Crippen molar-refractivity contribution in [2.24, 2.45) is 0 Å². The highest BCUT2D eigenvalue weighted by atomic mass is 32.1. The van der Waals surface area contributed by atoms with Crippen LogP contribution in [-0.4, -0.2) is 48.6 Å². The minimum Gasteiger partial charge on any atom is -0.383 e. The molecule has 0 atom stereocenters. The number of aromatic nitrogens is 4. The molecule has 0 spiro atoms. The molecule has 114 valence electrons. The summed E-state index contributed by atoms with van der Waals surface area (Å²) < 4.78 is 1.85. The Morgan fingerprint density at radius 1 is 1.36 bits per heavy atom. The molecular weight excluding hydrogens is 302 g/mol. The minimum atomic E-state index is -0.919. The van der Waals surface area contributed by atoms with E-state index in [4.69, 9.17) is 0 Å². The van der Waals surface area contributed by atoms with E-state index in [1.807, 2.05) is 16.8 Å². The minimum absolute atomic E-state index is 0.00200. The van der Waals surface area contributed by atoms with Gasteiger partial charge in [0, 0.05) is 37.9 Å². The molecule has 22 heavy (non-hydrogen) atoms. The Morgan fingerprint density at radius 2 is 2.18 bits per heavy atom. The van der Waals surface area contributed by atoms with Gasteiger partial charge in [-0.25, -0.2) is 4.98 Å². The number of thiazole rings is 1. The van der Waals surface area contributed by atoms with Crippen molar-refractivity contribution < 1.29 is 9.90 Å². The Morgan fingerprint density at radius 3 is 2.86 bits per heavy atom. The van der Waals surface area contributed by atoms with Gasteiger partial charge in [0.2, 0.25) is 0 Å².